The van der Waals surface area contributed by atoms with E-state index < -0.39 is 0 Å². The Kier molecular flexibility index (Phi) is 7.00. The number of hydrogen-bond acceptors (Lipinski definition) is 5. The minimum atomic E-state index is 0.603. The summed E-state index contributed by atoms with van der Waals surface area (Å²) in [6.45, 7) is 7.65. The fourth-order valence-electron chi connectivity index (χ4n) is 1.26. The normalized spacial score (nSPS) is 12.9. The van der Waals surface area contributed by atoms with Crippen molar-refractivity contribution in [3.63, 3.8) is 0 Å². The van der Waals surface area contributed by atoms with Crippen molar-refractivity contribution in [3.05, 3.63) is 5.82 Å². The summed E-state index contributed by atoms with van der Waals surface area (Å²) in [5, 5.41) is 3.49. The third-order valence-corrected chi connectivity index (χ3v) is 4.19. The molecule has 0 saturated carbocycles. The summed E-state index contributed by atoms with van der Waals surface area (Å²) >= 11 is 3.35. The van der Waals surface area contributed by atoms with Gasteiger partial charge in [0, 0.05) is 18.2 Å². The lowest BCUT2D eigenvalue weighted by Gasteiger charge is -2.11. The van der Waals surface area contributed by atoms with E-state index in [4.69, 9.17) is 0 Å². The van der Waals surface area contributed by atoms with Gasteiger partial charge in [0.1, 0.15) is 5.82 Å². The molecule has 16 heavy (non-hydrogen) atoms. The van der Waals surface area contributed by atoms with Gasteiger partial charge in [-0.2, -0.15) is 4.37 Å². The van der Waals surface area contributed by atoms with Crippen molar-refractivity contribution in [3.8, 4) is 0 Å². The average Bonchev–Trinajstić information content (AvgIpc) is 2.74. The van der Waals surface area contributed by atoms with Gasteiger partial charge in [-0.1, -0.05) is 25.6 Å². The fraction of sp³-hybridized carbons (Fsp3) is 0.818. The van der Waals surface area contributed by atoms with Gasteiger partial charge >= 0.3 is 0 Å². The number of rotatable bonds is 8. The first kappa shape index (κ1) is 13.9. The number of nitrogens with zero attached hydrogens (tertiary/aromatic N) is 2. The summed E-state index contributed by atoms with van der Waals surface area (Å²) in [5.41, 5.74) is 0. The molecule has 1 N–H and O–H groups in total. The first-order valence-electron chi connectivity index (χ1n) is 5.95. The van der Waals surface area contributed by atoms with Crippen LogP contribution in [-0.2, 0) is 6.42 Å². The van der Waals surface area contributed by atoms with Crippen LogP contribution in [0.3, 0.4) is 0 Å². The van der Waals surface area contributed by atoms with E-state index in [0.29, 0.717) is 6.04 Å². The molecule has 1 unspecified atom stereocenters. The first-order valence-corrected chi connectivity index (χ1v) is 7.70. The lowest BCUT2D eigenvalue weighted by molar-refractivity contribution is 0.536. The van der Waals surface area contributed by atoms with Crippen molar-refractivity contribution in [2.24, 2.45) is 0 Å². The second-order valence-corrected chi connectivity index (χ2v) is 5.92. The van der Waals surface area contributed by atoms with Gasteiger partial charge in [-0.25, -0.2) is 4.98 Å². The van der Waals surface area contributed by atoms with Gasteiger partial charge in [0.05, 0.1) is 0 Å². The number of hydrogen-bond donors (Lipinski definition) is 1. The molecule has 0 amide bonds. The zero-order valence-corrected chi connectivity index (χ0v) is 12.0. The van der Waals surface area contributed by atoms with Crippen LogP contribution >= 0.6 is 23.3 Å². The highest BCUT2D eigenvalue weighted by atomic mass is 32.2. The summed E-state index contributed by atoms with van der Waals surface area (Å²) in [6.07, 6.45) is 3.32. The molecule has 1 rings (SSSR count). The Labute approximate surface area is 107 Å². The second kappa shape index (κ2) is 8.03. The van der Waals surface area contributed by atoms with E-state index in [9.17, 15) is 0 Å². The van der Waals surface area contributed by atoms with Crippen molar-refractivity contribution in [1.29, 1.82) is 0 Å². The van der Waals surface area contributed by atoms with Crippen molar-refractivity contribution < 1.29 is 0 Å². The predicted octanol–water partition coefficient (Wildman–Crippen LogP) is 2.97. The maximum Gasteiger partial charge on any atom is 0.170 e. The monoisotopic (exact) mass is 259 g/mol. The molecule has 1 aromatic rings. The van der Waals surface area contributed by atoms with Gasteiger partial charge in [0.2, 0.25) is 0 Å². The summed E-state index contributed by atoms with van der Waals surface area (Å²) in [5.74, 6) is 2.10. The van der Waals surface area contributed by atoms with Crippen LogP contribution in [-0.4, -0.2) is 27.7 Å². The molecule has 0 spiro atoms. The maximum absolute atomic E-state index is 4.44. The summed E-state index contributed by atoms with van der Waals surface area (Å²) < 4.78 is 5.39. The average molecular weight is 259 g/mol. The number of aryl methyl sites for hydroxylation is 1. The van der Waals surface area contributed by atoms with Crippen molar-refractivity contribution in [1.82, 2.24) is 14.7 Å². The van der Waals surface area contributed by atoms with E-state index >= 15 is 0 Å². The smallest absolute Gasteiger partial charge is 0.170 e. The minimum Gasteiger partial charge on any atom is -0.314 e. The summed E-state index contributed by atoms with van der Waals surface area (Å²) in [6, 6.07) is 0.603. The maximum atomic E-state index is 4.44. The second-order valence-electron chi connectivity index (χ2n) is 3.82. The Balaban J connectivity index is 2.14. The molecule has 0 aliphatic rings. The molecule has 1 aromatic heterocycles. The largest absolute Gasteiger partial charge is 0.314 e. The molecule has 0 aromatic carbocycles. The molecule has 92 valence electrons. The molecule has 0 saturated heterocycles. The zero-order valence-electron chi connectivity index (χ0n) is 10.3. The van der Waals surface area contributed by atoms with Crippen LogP contribution in [0.15, 0.2) is 4.34 Å². The van der Waals surface area contributed by atoms with Gasteiger partial charge in [-0.15, -0.1) is 0 Å². The Hall–Kier alpha value is -0.130. The van der Waals surface area contributed by atoms with Gasteiger partial charge in [-0.3, -0.25) is 0 Å². The molecule has 1 atom stereocenters. The zero-order chi connectivity index (χ0) is 11.8. The van der Waals surface area contributed by atoms with E-state index in [1.165, 1.54) is 24.4 Å². The Morgan fingerprint density at radius 3 is 2.88 bits per heavy atom. The van der Waals surface area contributed by atoms with Crippen molar-refractivity contribution in [2.45, 2.75) is 50.4 Å². The number of aromatic nitrogens is 2. The molecule has 0 aliphatic heterocycles. The first-order chi connectivity index (χ1) is 7.76. The van der Waals surface area contributed by atoms with Crippen LogP contribution in [0.2, 0.25) is 0 Å². The third kappa shape index (κ3) is 5.27. The molecule has 1 heterocycles. The summed E-state index contributed by atoms with van der Waals surface area (Å²) in [7, 11) is 0. The van der Waals surface area contributed by atoms with Crippen LogP contribution in [0.5, 0.6) is 0 Å². The minimum absolute atomic E-state index is 0.603. The number of nitrogens with one attached hydrogen (secondary N) is 1. The molecule has 0 radical (unpaired) electrons. The van der Waals surface area contributed by atoms with Gasteiger partial charge in [0.15, 0.2) is 4.34 Å². The molecule has 0 fully saturated rings. The Morgan fingerprint density at radius 1 is 1.44 bits per heavy atom. The van der Waals surface area contributed by atoms with Crippen molar-refractivity contribution >= 4 is 23.3 Å². The van der Waals surface area contributed by atoms with E-state index in [-0.39, 0.29) is 0 Å². The predicted molar refractivity (Wildman–Crippen MR) is 72.4 cm³/mol. The van der Waals surface area contributed by atoms with Crippen LogP contribution in [0.1, 0.15) is 39.4 Å². The highest BCUT2D eigenvalue weighted by Gasteiger charge is 2.04. The topological polar surface area (TPSA) is 37.8 Å². The summed E-state index contributed by atoms with van der Waals surface area (Å²) in [4.78, 5) is 4.44. The van der Waals surface area contributed by atoms with Crippen LogP contribution in [0.4, 0.5) is 0 Å². The molecule has 0 aliphatic carbocycles. The van der Waals surface area contributed by atoms with Crippen molar-refractivity contribution in [2.75, 3.05) is 12.3 Å². The molecular weight excluding hydrogens is 238 g/mol. The van der Waals surface area contributed by atoms with Gasteiger partial charge in [0.25, 0.3) is 0 Å². The Morgan fingerprint density at radius 2 is 2.25 bits per heavy atom. The standard InChI is InChI=1S/C11H21N3S2/c1-4-7-12-9(3)6-8-15-11-13-10(5-2)14-16-11/h9,12H,4-8H2,1-3H3. The lowest BCUT2D eigenvalue weighted by Crippen LogP contribution is -2.27. The van der Waals surface area contributed by atoms with E-state index in [0.717, 1.165) is 28.9 Å². The Bertz CT molecular complexity index is 289. The third-order valence-electron chi connectivity index (χ3n) is 2.28. The van der Waals surface area contributed by atoms with Crippen LogP contribution in [0, 0.1) is 0 Å². The SMILES string of the molecule is CCCNC(C)CCSc1nc(CC)ns1. The quantitative estimate of drug-likeness (QED) is 0.728. The van der Waals surface area contributed by atoms with Gasteiger partial charge < -0.3 is 5.32 Å². The molecule has 5 heteroatoms. The fourth-order valence-corrected chi connectivity index (χ4v) is 3.14. The number of thioether (sulfide) groups is 1. The highest BCUT2D eigenvalue weighted by Crippen LogP contribution is 2.21. The van der Waals surface area contributed by atoms with Crippen LogP contribution in [0.25, 0.3) is 0 Å². The molecule has 0 bridgehead atoms. The van der Waals surface area contributed by atoms with E-state index in [1.54, 1.807) is 0 Å². The van der Waals surface area contributed by atoms with E-state index in [2.05, 4.69) is 35.4 Å². The highest BCUT2D eigenvalue weighted by molar-refractivity contribution is 8.00. The lowest BCUT2D eigenvalue weighted by atomic mass is 10.2. The molecule has 3 nitrogen and oxygen atoms in total. The van der Waals surface area contributed by atoms with Gasteiger partial charge in [-0.05, 0) is 37.8 Å². The van der Waals surface area contributed by atoms with Crippen LogP contribution < -0.4 is 5.32 Å². The molecular formula is C11H21N3S2. The van der Waals surface area contributed by atoms with E-state index in [1.807, 2.05) is 11.8 Å².